The molecule has 5 rings (SSSR count). The first-order valence-electron chi connectivity index (χ1n) is 8.44. The van der Waals surface area contributed by atoms with Gasteiger partial charge in [-0.25, -0.2) is 0 Å². The van der Waals surface area contributed by atoms with Crippen molar-refractivity contribution in [1.29, 1.82) is 0 Å². The predicted octanol–water partition coefficient (Wildman–Crippen LogP) is 3.57. The van der Waals surface area contributed by atoms with Crippen LogP contribution in [0.5, 0.6) is 0 Å². The number of hydrogen-bond acceptors (Lipinski definition) is 2. The van der Waals surface area contributed by atoms with E-state index in [-0.39, 0.29) is 10.8 Å². The minimum absolute atomic E-state index is 0.0748. The van der Waals surface area contributed by atoms with Gasteiger partial charge in [-0.1, -0.05) is 24.3 Å². The van der Waals surface area contributed by atoms with Gasteiger partial charge in [-0.3, -0.25) is 9.79 Å². The third kappa shape index (κ3) is 1.59. The van der Waals surface area contributed by atoms with E-state index >= 15 is 0 Å². The minimum atomic E-state index is -0.199. The lowest BCUT2D eigenvalue weighted by atomic mass is 9.77. The largest absolute Gasteiger partial charge is 0.298 e. The molecule has 0 N–H and O–H groups in total. The normalized spacial score (nSPS) is 27.5. The van der Waals surface area contributed by atoms with Crippen LogP contribution >= 0.6 is 0 Å². The van der Waals surface area contributed by atoms with E-state index in [1.54, 1.807) is 0 Å². The maximum atomic E-state index is 13.3. The molecular weight excluding hydrogens is 258 g/mol. The molecular formula is C19H21NO. The van der Waals surface area contributed by atoms with Crippen molar-refractivity contribution >= 4 is 11.5 Å². The summed E-state index contributed by atoms with van der Waals surface area (Å²) in [6, 6.07) is 8.58. The zero-order valence-electron chi connectivity index (χ0n) is 12.4. The van der Waals surface area contributed by atoms with Gasteiger partial charge in [0.1, 0.15) is 0 Å². The second-order valence-electron chi connectivity index (χ2n) is 7.48. The molecule has 0 saturated heterocycles. The van der Waals surface area contributed by atoms with Gasteiger partial charge in [-0.15, -0.1) is 0 Å². The van der Waals surface area contributed by atoms with E-state index in [4.69, 9.17) is 4.99 Å². The summed E-state index contributed by atoms with van der Waals surface area (Å²) in [4.78, 5) is 18.2. The van der Waals surface area contributed by atoms with Crippen molar-refractivity contribution < 1.29 is 4.79 Å². The second kappa shape index (κ2) is 3.85. The summed E-state index contributed by atoms with van der Waals surface area (Å²) in [5, 5.41) is 0. The molecule has 0 bridgehead atoms. The number of rotatable bonds is 4. The number of ketones is 1. The van der Waals surface area contributed by atoms with Gasteiger partial charge in [0.25, 0.3) is 0 Å². The predicted molar refractivity (Wildman–Crippen MR) is 82.6 cm³/mol. The fraction of sp³-hybridized carbons (Fsp3) is 0.579. The topological polar surface area (TPSA) is 29.4 Å². The summed E-state index contributed by atoms with van der Waals surface area (Å²) in [5.74, 6) is 1.27. The number of benzene rings is 1. The van der Waals surface area contributed by atoms with Crippen LogP contribution in [0.25, 0.3) is 0 Å². The molecule has 0 amide bonds. The highest BCUT2D eigenvalue weighted by Gasteiger charge is 2.68. The number of carbonyl (C=O) groups is 1. The summed E-state index contributed by atoms with van der Waals surface area (Å²) in [7, 11) is 0. The van der Waals surface area contributed by atoms with Crippen LogP contribution in [0.2, 0.25) is 0 Å². The Bertz CT molecular complexity index is 660. The average Bonchev–Trinajstić information content (AvgIpc) is 3.41. The highest BCUT2D eigenvalue weighted by atomic mass is 16.1. The van der Waals surface area contributed by atoms with Crippen molar-refractivity contribution in [3.63, 3.8) is 0 Å². The Labute approximate surface area is 125 Å². The number of aliphatic imine (C=N–C) groups is 1. The molecule has 0 spiro atoms. The first kappa shape index (κ1) is 12.1. The van der Waals surface area contributed by atoms with Crippen molar-refractivity contribution in [1.82, 2.24) is 0 Å². The number of nitrogens with zero attached hydrogens (tertiary/aromatic N) is 1. The van der Waals surface area contributed by atoms with Crippen LogP contribution in [0.3, 0.4) is 0 Å². The quantitative estimate of drug-likeness (QED) is 0.828. The van der Waals surface area contributed by atoms with Crippen molar-refractivity contribution in [2.45, 2.75) is 44.9 Å². The van der Waals surface area contributed by atoms with Crippen LogP contribution in [0.15, 0.2) is 29.3 Å². The summed E-state index contributed by atoms with van der Waals surface area (Å²) in [5.41, 5.74) is 3.67. The molecule has 108 valence electrons. The molecule has 3 aliphatic carbocycles. The molecule has 0 atom stereocenters. The summed E-state index contributed by atoms with van der Waals surface area (Å²) in [6.45, 7) is 0.859. The lowest BCUT2D eigenvalue weighted by Gasteiger charge is -2.27. The van der Waals surface area contributed by atoms with E-state index in [0.29, 0.717) is 11.7 Å². The van der Waals surface area contributed by atoms with Crippen LogP contribution in [0.1, 0.15) is 49.7 Å². The van der Waals surface area contributed by atoms with Gasteiger partial charge < -0.3 is 0 Å². The van der Waals surface area contributed by atoms with E-state index in [0.717, 1.165) is 44.4 Å². The summed E-state index contributed by atoms with van der Waals surface area (Å²) < 4.78 is 0. The third-order valence-electron chi connectivity index (χ3n) is 6.16. The molecule has 0 radical (unpaired) electrons. The first-order chi connectivity index (χ1) is 10.3. The molecule has 4 aliphatic rings. The van der Waals surface area contributed by atoms with Crippen LogP contribution in [0, 0.1) is 16.7 Å². The Kier molecular flexibility index (Phi) is 2.22. The minimum Gasteiger partial charge on any atom is -0.298 e. The van der Waals surface area contributed by atoms with Gasteiger partial charge in [-0.05, 0) is 62.0 Å². The Hall–Kier alpha value is -1.44. The fourth-order valence-electron chi connectivity index (χ4n) is 4.52. The highest BCUT2D eigenvalue weighted by Crippen LogP contribution is 2.67. The molecule has 3 saturated carbocycles. The molecule has 0 aromatic heterocycles. The fourth-order valence-corrected chi connectivity index (χ4v) is 4.52. The van der Waals surface area contributed by atoms with E-state index in [9.17, 15) is 4.79 Å². The Morgan fingerprint density at radius 2 is 1.86 bits per heavy atom. The smallest absolute Gasteiger partial charge is 0.151 e. The molecule has 1 heterocycles. The van der Waals surface area contributed by atoms with Gasteiger partial charge in [0.2, 0.25) is 0 Å². The summed E-state index contributed by atoms with van der Waals surface area (Å²) >= 11 is 0. The number of Topliss-reactive ketones (excluding diaryl/α,β-unsaturated/α-hetero) is 1. The third-order valence-corrected chi connectivity index (χ3v) is 6.16. The molecule has 1 aromatic carbocycles. The molecule has 3 fully saturated rings. The van der Waals surface area contributed by atoms with Crippen molar-refractivity contribution in [2.75, 3.05) is 6.54 Å². The molecule has 1 aromatic rings. The van der Waals surface area contributed by atoms with Gasteiger partial charge in [0, 0.05) is 12.0 Å². The molecule has 1 aliphatic heterocycles. The van der Waals surface area contributed by atoms with E-state index < -0.39 is 0 Å². The van der Waals surface area contributed by atoms with Gasteiger partial charge in [0.05, 0.1) is 11.1 Å². The summed E-state index contributed by atoms with van der Waals surface area (Å²) in [6.07, 6.45) is 7.95. The van der Waals surface area contributed by atoms with Crippen molar-refractivity contribution in [2.24, 2.45) is 21.7 Å². The van der Waals surface area contributed by atoms with Crippen molar-refractivity contribution in [3.8, 4) is 0 Å². The molecule has 21 heavy (non-hydrogen) atoms. The van der Waals surface area contributed by atoms with Gasteiger partial charge in [-0.2, -0.15) is 0 Å². The van der Waals surface area contributed by atoms with Crippen LogP contribution in [-0.4, -0.2) is 18.0 Å². The Morgan fingerprint density at radius 1 is 1.10 bits per heavy atom. The number of carbonyl (C=O) groups excluding carboxylic acids is 1. The van der Waals surface area contributed by atoms with Crippen LogP contribution in [0.4, 0.5) is 0 Å². The molecule has 2 nitrogen and oxygen atoms in total. The second-order valence-corrected chi connectivity index (χ2v) is 7.48. The van der Waals surface area contributed by atoms with E-state index in [2.05, 4.69) is 24.3 Å². The van der Waals surface area contributed by atoms with Crippen LogP contribution < -0.4 is 0 Å². The number of hydrogen-bond donors (Lipinski definition) is 0. The first-order valence-corrected chi connectivity index (χ1v) is 8.44. The Balaban J connectivity index is 1.55. The maximum Gasteiger partial charge on any atom is 0.151 e. The standard InChI is InChI=1S/C19H21NO/c21-17(18(8-9-18)14-5-6-14)19(10-11-19)16-15-4-2-1-3-13(15)7-12-20-16/h1-4,14H,5-12H2. The zero-order valence-corrected chi connectivity index (χ0v) is 12.4. The average molecular weight is 279 g/mol. The Morgan fingerprint density at radius 3 is 2.52 bits per heavy atom. The lowest BCUT2D eigenvalue weighted by Crippen LogP contribution is -2.36. The van der Waals surface area contributed by atoms with Crippen LogP contribution in [-0.2, 0) is 11.2 Å². The lowest BCUT2D eigenvalue weighted by molar-refractivity contribution is -0.128. The highest BCUT2D eigenvalue weighted by molar-refractivity contribution is 6.22. The van der Waals surface area contributed by atoms with Gasteiger partial charge in [0.15, 0.2) is 5.78 Å². The van der Waals surface area contributed by atoms with Crippen molar-refractivity contribution in [3.05, 3.63) is 35.4 Å². The zero-order chi connectivity index (χ0) is 14.1. The maximum absolute atomic E-state index is 13.3. The van der Waals surface area contributed by atoms with E-state index in [1.165, 1.54) is 24.0 Å². The molecule has 2 heteroatoms. The van der Waals surface area contributed by atoms with Gasteiger partial charge >= 0.3 is 0 Å². The SMILES string of the molecule is O=C(C1(C2=NCCc3ccccc32)CC1)C1(C2CC2)CC1. The number of fused-ring (bicyclic) bond motifs is 1. The van der Waals surface area contributed by atoms with E-state index in [1.807, 2.05) is 0 Å². The monoisotopic (exact) mass is 279 g/mol. The molecule has 0 unspecified atom stereocenters.